The Bertz CT molecular complexity index is 759. The standard InChI is InChI=1S/C17H16ClN3/c18-13-8-6-12(7-9-13)17(11-4-5-11)20-15-2-1-3-16-14(15)10-19-21-16/h1-3,6-11,17,20H,4-5H2,(H,19,21). The molecule has 4 heteroatoms. The van der Waals surface area contributed by atoms with E-state index in [-0.39, 0.29) is 0 Å². The first-order chi connectivity index (χ1) is 10.3. The van der Waals surface area contributed by atoms with Crippen molar-refractivity contribution in [2.75, 3.05) is 5.32 Å². The molecule has 0 spiro atoms. The molecule has 1 aliphatic carbocycles. The highest BCUT2D eigenvalue weighted by atomic mass is 35.5. The summed E-state index contributed by atoms with van der Waals surface area (Å²) in [5.74, 6) is 0.702. The topological polar surface area (TPSA) is 40.7 Å². The largest absolute Gasteiger partial charge is 0.377 e. The summed E-state index contributed by atoms with van der Waals surface area (Å²) in [4.78, 5) is 0. The van der Waals surface area contributed by atoms with Crippen molar-refractivity contribution in [1.82, 2.24) is 10.2 Å². The zero-order chi connectivity index (χ0) is 14.2. The minimum atomic E-state index is 0.336. The second-order valence-corrected chi connectivity index (χ2v) is 6.08. The molecule has 0 saturated heterocycles. The Kier molecular flexibility index (Phi) is 3.08. The first-order valence-corrected chi connectivity index (χ1v) is 7.63. The maximum Gasteiger partial charge on any atom is 0.0671 e. The Balaban J connectivity index is 1.69. The molecule has 21 heavy (non-hydrogen) atoms. The van der Waals surface area contributed by atoms with Crippen molar-refractivity contribution >= 4 is 28.2 Å². The summed E-state index contributed by atoms with van der Waals surface area (Å²) in [5.41, 5.74) is 3.49. The van der Waals surface area contributed by atoms with Crippen LogP contribution in [0.1, 0.15) is 24.4 Å². The van der Waals surface area contributed by atoms with Crippen molar-refractivity contribution < 1.29 is 0 Å². The summed E-state index contributed by atoms with van der Waals surface area (Å²) in [7, 11) is 0. The van der Waals surface area contributed by atoms with Crippen LogP contribution in [0.25, 0.3) is 10.9 Å². The number of nitrogens with one attached hydrogen (secondary N) is 2. The number of anilines is 1. The van der Waals surface area contributed by atoms with Crippen molar-refractivity contribution in [3.8, 4) is 0 Å². The number of fused-ring (bicyclic) bond motifs is 1. The molecule has 1 atom stereocenters. The van der Waals surface area contributed by atoms with Gasteiger partial charge in [0.25, 0.3) is 0 Å². The lowest BCUT2D eigenvalue weighted by Gasteiger charge is -2.20. The molecule has 4 rings (SSSR count). The summed E-state index contributed by atoms with van der Waals surface area (Å²) in [6.07, 6.45) is 4.44. The van der Waals surface area contributed by atoms with E-state index in [4.69, 9.17) is 11.6 Å². The molecular weight excluding hydrogens is 282 g/mol. The Hall–Kier alpha value is -2.00. The molecule has 0 radical (unpaired) electrons. The Morgan fingerprint density at radius 2 is 1.95 bits per heavy atom. The number of aromatic amines is 1. The fraction of sp³-hybridized carbons (Fsp3) is 0.235. The molecule has 1 aromatic heterocycles. The quantitative estimate of drug-likeness (QED) is 0.727. The summed E-state index contributed by atoms with van der Waals surface area (Å²) < 4.78 is 0. The van der Waals surface area contributed by atoms with Crippen LogP contribution >= 0.6 is 11.6 Å². The van der Waals surface area contributed by atoms with Crippen LogP contribution < -0.4 is 5.32 Å². The number of hydrogen-bond acceptors (Lipinski definition) is 2. The third-order valence-corrected chi connectivity index (χ3v) is 4.37. The van der Waals surface area contributed by atoms with Gasteiger partial charge >= 0.3 is 0 Å². The average molecular weight is 298 g/mol. The molecule has 0 amide bonds. The molecular formula is C17H16ClN3. The third-order valence-electron chi connectivity index (χ3n) is 4.12. The van der Waals surface area contributed by atoms with E-state index in [1.165, 1.54) is 18.4 Å². The van der Waals surface area contributed by atoms with Crippen LogP contribution in [0, 0.1) is 5.92 Å². The van der Waals surface area contributed by atoms with Crippen molar-refractivity contribution in [2.24, 2.45) is 5.92 Å². The van der Waals surface area contributed by atoms with E-state index in [1.54, 1.807) is 0 Å². The lowest BCUT2D eigenvalue weighted by atomic mass is 10.0. The lowest BCUT2D eigenvalue weighted by Crippen LogP contribution is -2.13. The van der Waals surface area contributed by atoms with E-state index in [1.807, 2.05) is 24.4 Å². The van der Waals surface area contributed by atoms with Gasteiger partial charge in [0.05, 0.1) is 17.8 Å². The smallest absolute Gasteiger partial charge is 0.0671 e. The van der Waals surface area contributed by atoms with Gasteiger partial charge < -0.3 is 5.32 Å². The highest BCUT2D eigenvalue weighted by molar-refractivity contribution is 6.30. The Morgan fingerprint density at radius 1 is 1.14 bits per heavy atom. The Morgan fingerprint density at radius 3 is 2.71 bits per heavy atom. The molecule has 0 aliphatic heterocycles. The van der Waals surface area contributed by atoms with Crippen LogP contribution in [0.2, 0.25) is 5.02 Å². The van der Waals surface area contributed by atoms with E-state index >= 15 is 0 Å². The average Bonchev–Trinajstić information content (AvgIpc) is 3.22. The number of aromatic nitrogens is 2. The number of H-pyrrole nitrogens is 1. The Labute approximate surface area is 128 Å². The molecule has 1 heterocycles. The molecule has 2 aromatic carbocycles. The fourth-order valence-electron chi connectivity index (χ4n) is 2.83. The van der Waals surface area contributed by atoms with Gasteiger partial charge in [0.15, 0.2) is 0 Å². The van der Waals surface area contributed by atoms with Gasteiger partial charge in [0, 0.05) is 16.1 Å². The van der Waals surface area contributed by atoms with Gasteiger partial charge in [-0.1, -0.05) is 29.8 Å². The molecule has 3 nitrogen and oxygen atoms in total. The highest BCUT2D eigenvalue weighted by Gasteiger charge is 2.32. The number of halogens is 1. The third kappa shape index (κ3) is 2.49. The van der Waals surface area contributed by atoms with Crippen molar-refractivity contribution in [2.45, 2.75) is 18.9 Å². The maximum absolute atomic E-state index is 6.00. The number of hydrogen-bond donors (Lipinski definition) is 2. The van der Waals surface area contributed by atoms with Crippen LogP contribution in [0.15, 0.2) is 48.7 Å². The SMILES string of the molecule is Clc1ccc(C(Nc2cccc3[nH]ncc23)C2CC2)cc1. The van der Waals surface area contributed by atoms with E-state index in [9.17, 15) is 0 Å². The fourth-order valence-corrected chi connectivity index (χ4v) is 2.96. The first kappa shape index (κ1) is 12.7. The summed E-state index contributed by atoms with van der Waals surface area (Å²) >= 11 is 6.00. The minimum Gasteiger partial charge on any atom is -0.377 e. The summed E-state index contributed by atoms with van der Waals surface area (Å²) in [6, 6.07) is 14.7. The highest BCUT2D eigenvalue weighted by Crippen LogP contribution is 2.43. The van der Waals surface area contributed by atoms with Crippen LogP contribution in [0.3, 0.4) is 0 Å². The molecule has 106 valence electrons. The molecule has 1 unspecified atom stereocenters. The van der Waals surface area contributed by atoms with Gasteiger partial charge in [-0.15, -0.1) is 0 Å². The summed E-state index contributed by atoms with van der Waals surface area (Å²) in [5, 5.41) is 12.8. The van der Waals surface area contributed by atoms with Gasteiger partial charge in [-0.05, 0) is 48.6 Å². The lowest BCUT2D eigenvalue weighted by molar-refractivity contribution is 0.680. The van der Waals surface area contributed by atoms with Gasteiger partial charge in [0.1, 0.15) is 0 Å². The molecule has 1 aliphatic rings. The van der Waals surface area contributed by atoms with Crippen molar-refractivity contribution in [3.63, 3.8) is 0 Å². The van der Waals surface area contributed by atoms with E-state index in [0.717, 1.165) is 21.6 Å². The number of nitrogens with zero attached hydrogens (tertiary/aromatic N) is 1. The zero-order valence-corrected chi connectivity index (χ0v) is 12.3. The van der Waals surface area contributed by atoms with Crippen LogP contribution in [0.5, 0.6) is 0 Å². The first-order valence-electron chi connectivity index (χ1n) is 7.25. The van der Waals surface area contributed by atoms with Crippen LogP contribution in [-0.4, -0.2) is 10.2 Å². The predicted molar refractivity (Wildman–Crippen MR) is 86.6 cm³/mol. The zero-order valence-electron chi connectivity index (χ0n) is 11.5. The molecule has 3 aromatic rings. The second kappa shape index (κ2) is 5.08. The minimum absolute atomic E-state index is 0.336. The van der Waals surface area contributed by atoms with E-state index in [2.05, 4.69) is 39.8 Å². The molecule has 1 saturated carbocycles. The number of benzene rings is 2. The number of rotatable bonds is 4. The molecule has 2 N–H and O–H groups in total. The monoisotopic (exact) mass is 297 g/mol. The predicted octanol–water partition coefficient (Wildman–Crippen LogP) is 4.78. The maximum atomic E-state index is 6.00. The van der Waals surface area contributed by atoms with Crippen molar-refractivity contribution in [1.29, 1.82) is 0 Å². The molecule has 0 bridgehead atoms. The molecule has 1 fully saturated rings. The van der Waals surface area contributed by atoms with Gasteiger partial charge in [-0.2, -0.15) is 5.10 Å². The van der Waals surface area contributed by atoms with Gasteiger partial charge in [-0.25, -0.2) is 0 Å². The summed E-state index contributed by atoms with van der Waals surface area (Å²) in [6.45, 7) is 0. The van der Waals surface area contributed by atoms with Crippen LogP contribution in [0.4, 0.5) is 5.69 Å². The van der Waals surface area contributed by atoms with Crippen LogP contribution in [-0.2, 0) is 0 Å². The van der Waals surface area contributed by atoms with Gasteiger partial charge in [0.2, 0.25) is 0 Å². The second-order valence-electron chi connectivity index (χ2n) is 5.65. The van der Waals surface area contributed by atoms with E-state index < -0.39 is 0 Å². The van der Waals surface area contributed by atoms with E-state index in [0.29, 0.717) is 12.0 Å². The normalized spacial score (nSPS) is 16.0. The van der Waals surface area contributed by atoms with Gasteiger partial charge in [-0.3, -0.25) is 5.10 Å². The van der Waals surface area contributed by atoms with Crippen molar-refractivity contribution in [3.05, 3.63) is 59.2 Å².